The number of hydrogen-bond acceptors (Lipinski definition) is 5. The Morgan fingerprint density at radius 2 is 1.83 bits per heavy atom. The minimum atomic E-state index is -0.211. The van der Waals surface area contributed by atoms with Gasteiger partial charge in [0.25, 0.3) is 0 Å². The molecular weight excluding hydrogens is 532 g/mol. The van der Waals surface area contributed by atoms with Crippen LogP contribution < -0.4 is 10.2 Å². The lowest BCUT2D eigenvalue weighted by Crippen LogP contribution is -2.44. The number of nitrogens with one attached hydrogen (secondary N) is 1. The minimum Gasteiger partial charge on any atom is -0.376 e. The molecule has 6 rings (SSSR count). The third kappa shape index (κ3) is 5.80. The molecule has 3 aromatic carbocycles. The molecule has 3 heterocycles. The van der Waals surface area contributed by atoms with Crippen molar-refractivity contribution in [3.8, 4) is 16.9 Å². The number of carbonyl (C=O) groups is 2. The number of nitrogens with zero attached hydrogens (tertiary/aromatic N) is 3. The number of carbonyl (C=O) groups excluding carboxylic acids is 2. The van der Waals surface area contributed by atoms with Gasteiger partial charge in [-0.25, -0.2) is 4.68 Å². The number of benzene rings is 3. The summed E-state index contributed by atoms with van der Waals surface area (Å²) in [5, 5.41) is 8.02. The predicted octanol–water partition coefficient (Wildman–Crippen LogP) is 5.62. The number of amides is 2. The monoisotopic (exact) mass is 566 g/mol. The molecule has 1 fully saturated rings. The zero-order chi connectivity index (χ0) is 28.3. The summed E-state index contributed by atoms with van der Waals surface area (Å²) >= 11 is 1.58. The molecule has 41 heavy (non-hydrogen) atoms. The molecule has 0 bridgehead atoms. The largest absolute Gasteiger partial charge is 0.376 e. The molecule has 2 aliphatic heterocycles. The van der Waals surface area contributed by atoms with Crippen LogP contribution in [0.3, 0.4) is 0 Å². The van der Waals surface area contributed by atoms with Crippen molar-refractivity contribution in [3.63, 3.8) is 0 Å². The Bertz CT molecular complexity index is 1540. The van der Waals surface area contributed by atoms with Crippen molar-refractivity contribution in [3.05, 3.63) is 101 Å². The van der Waals surface area contributed by atoms with Crippen molar-refractivity contribution in [2.45, 2.75) is 38.0 Å². The van der Waals surface area contributed by atoms with Crippen molar-refractivity contribution < 1.29 is 14.3 Å². The lowest BCUT2D eigenvalue weighted by atomic mass is 9.98. The van der Waals surface area contributed by atoms with Crippen LogP contribution in [0.25, 0.3) is 16.9 Å². The van der Waals surface area contributed by atoms with Gasteiger partial charge < -0.3 is 10.1 Å². The number of aryl methyl sites for hydroxylation is 2. The summed E-state index contributed by atoms with van der Waals surface area (Å²) in [5.41, 5.74) is 6.92. The van der Waals surface area contributed by atoms with Crippen LogP contribution in [0.2, 0.25) is 0 Å². The highest BCUT2D eigenvalue weighted by Gasteiger charge is 2.37. The highest BCUT2D eigenvalue weighted by Crippen LogP contribution is 2.48. The molecule has 2 amide bonds. The molecule has 1 N–H and O–H groups in total. The quantitative estimate of drug-likeness (QED) is 0.314. The van der Waals surface area contributed by atoms with Crippen LogP contribution in [-0.4, -0.2) is 53.1 Å². The van der Waals surface area contributed by atoms with E-state index in [0.717, 1.165) is 58.6 Å². The Morgan fingerprint density at radius 3 is 2.56 bits per heavy atom. The van der Waals surface area contributed by atoms with E-state index in [0.29, 0.717) is 12.4 Å². The van der Waals surface area contributed by atoms with Gasteiger partial charge in [-0.05, 0) is 44.4 Å². The number of rotatable bonds is 7. The van der Waals surface area contributed by atoms with Gasteiger partial charge in [0, 0.05) is 24.3 Å². The van der Waals surface area contributed by atoms with Crippen molar-refractivity contribution in [2.24, 2.45) is 0 Å². The van der Waals surface area contributed by atoms with Gasteiger partial charge in [0.2, 0.25) is 11.8 Å². The van der Waals surface area contributed by atoms with Crippen LogP contribution in [0.15, 0.2) is 78.9 Å². The fourth-order valence-electron chi connectivity index (χ4n) is 5.52. The summed E-state index contributed by atoms with van der Waals surface area (Å²) in [6, 6.07) is 26.6. The SMILES string of the molecule is Cc1ccc(-n2nc(-c3ccccc3)c3c2N(CC(=O)NC[C@H]2CCCO2)C(=O)CS[C@H]3c2cccc(C)c2)cc1. The molecule has 210 valence electrons. The molecular formula is C33H34N4O3S. The molecule has 7 nitrogen and oxygen atoms in total. The maximum absolute atomic E-state index is 13.9. The zero-order valence-corrected chi connectivity index (χ0v) is 24.2. The molecule has 0 saturated carbocycles. The third-order valence-corrected chi connectivity index (χ3v) is 8.87. The molecule has 8 heteroatoms. The van der Waals surface area contributed by atoms with Crippen molar-refractivity contribution in [1.82, 2.24) is 15.1 Å². The number of hydrogen-bond donors (Lipinski definition) is 1. The molecule has 1 saturated heterocycles. The van der Waals surface area contributed by atoms with Gasteiger partial charge in [0.05, 0.1) is 28.5 Å². The Hall–Kier alpha value is -3.88. The maximum atomic E-state index is 13.9. The van der Waals surface area contributed by atoms with Gasteiger partial charge in [-0.1, -0.05) is 77.9 Å². The molecule has 4 aromatic rings. The second-order valence-electron chi connectivity index (χ2n) is 10.7. The van der Waals surface area contributed by atoms with E-state index in [9.17, 15) is 9.59 Å². The van der Waals surface area contributed by atoms with Gasteiger partial charge >= 0.3 is 0 Å². The summed E-state index contributed by atoms with van der Waals surface area (Å²) in [4.78, 5) is 28.8. The molecule has 0 radical (unpaired) electrons. The van der Waals surface area contributed by atoms with E-state index in [2.05, 4.69) is 36.5 Å². The first-order valence-corrected chi connectivity index (χ1v) is 15.1. The Balaban J connectivity index is 1.51. The van der Waals surface area contributed by atoms with Crippen molar-refractivity contribution in [2.75, 3.05) is 30.3 Å². The van der Waals surface area contributed by atoms with Gasteiger partial charge in [-0.3, -0.25) is 14.5 Å². The van der Waals surface area contributed by atoms with Crippen LogP contribution in [0, 0.1) is 13.8 Å². The highest BCUT2D eigenvalue weighted by molar-refractivity contribution is 8.00. The second-order valence-corrected chi connectivity index (χ2v) is 11.8. The summed E-state index contributed by atoms with van der Waals surface area (Å²) in [6.45, 7) is 5.20. The molecule has 2 atom stereocenters. The van der Waals surface area contributed by atoms with E-state index in [1.54, 1.807) is 16.7 Å². The van der Waals surface area contributed by atoms with E-state index in [1.807, 2.05) is 66.2 Å². The summed E-state index contributed by atoms with van der Waals surface area (Å²) < 4.78 is 7.53. The van der Waals surface area contributed by atoms with Crippen LogP contribution in [-0.2, 0) is 14.3 Å². The van der Waals surface area contributed by atoms with E-state index >= 15 is 0 Å². The molecule has 0 spiro atoms. The molecule has 0 aliphatic carbocycles. The number of aromatic nitrogens is 2. The van der Waals surface area contributed by atoms with Crippen LogP contribution in [0.1, 0.15) is 40.3 Å². The Kier molecular flexibility index (Phi) is 7.94. The summed E-state index contributed by atoms with van der Waals surface area (Å²) in [6.07, 6.45) is 1.96. The number of fused-ring (bicyclic) bond motifs is 1. The van der Waals surface area contributed by atoms with Crippen LogP contribution in [0.5, 0.6) is 0 Å². The number of thioether (sulfide) groups is 1. The lowest BCUT2D eigenvalue weighted by Gasteiger charge is -2.23. The normalized spacial score (nSPS) is 18.7. The molecule has 0 unspecified atom stereocenters. The average molecular weight is 567 g/mol. The molecule has 1 aromatic heterocycles. The van der Waals surface area contributed by atoms with Gasteiger partial charge in [-0.15, -0.1) is 11.8 Å². The Morgan fingerprint density at radius 1 is 1.02 bits per heavy atom. The first-order chi connectivity index (χ1) is 20.0. The lowest BCUT2D eigenvalue weighted by molar-refractivity contribution is -0.123. The van der Waals surface area contributed by atoms with Gasteiger partial charge in [0.1, 0.15) is 12.4 Å². The molecule has 2 aliphatic rings. The number of anilines is 1. The van der Waals surface area contributed by atoms with Crippen LogP contribution in [0.4, 0.5) is 5.82 Å². The third-order valence-electron chi connectivity index (χ3n) is 7.61. The van der Waals surface area contributed by atoms with E-state index in [4.69, 9.17) is 9.84 Å². The fraction of sp³-hybridized carbons (Fsp3) is 0.303. The first-order valence-electron chi connectivity index (χ1n) is 14.1. The minimum absolute atomic E-state index is 0.0263. The predicted molar refractivity (Wildman–Crippen MR) is 164 cm³/mol. The van der Waals surface area contributed by atoms with E-state index in [1.165, 1.54) is 0 Å². The standard InChI is InChI=1S/C33H34N4O3S/c1-22-13-15-26(16-14-22)37-33-30(31(35-37)24-9-4-3-5-10-24)32(25-11-6-8-23(2)18-25)41-21-29(39)36(33)20-28(38)34-19-27-12-7-17-40-27/h3-6,8-11,13-16,18,27,32H,7,12,17,19-21H2,1-2H3,(H,34,38)/t27-,32+/m1/s1. The van der Waals surface area contributed by atoms with E-state index < -0.39 is 0 Å². The summed E-state index contributed by atoms with van der Waals surface area (Å²) in [7, 11) is 0. The van der Waals surface area contributed by atoms with Crippen LogP contribution >= 0.6 is 11.8 Å². The fourth-order valence-corrected chi connectivity index (χ4v) is 6.71. The smallest absolute Gasteiger partial charge is 0.240 e. The first kappa shape index (κ1) is 27.3. The average Bonchev–Trinajstić information content (AvgIpc) is 3.62. The Labute approximate surface area is 244 Å². The second kappa shape index (κ2) is 11.9. The zero-order valence-electron chi connectivity index (χ0n) is 23.4. The highest BCUT2D eigenvalue weighted by atomic mass is 32.2. The topological polar surface area (TPSA) is 76.5 Å². The van der Waals surface area contributed by atoms with Crippen molar-refractivity contribution >= 4 is 29.4 Å². The van der Waals surface area contributed by atoms with Gasteiger partial charge in [-0.2, -0.15) is 5.10 Å². The van der Waals surface area contributed by atoms with Crippen molar-refractivity contribution in [1.29, 1.82) is 0 Å². The summed E-state index contributed by atoms with van der Waals surface area (Å²) in [5.74, 6) is 0.554. The number of ether oxygens (including phenoxy) is 1. The van der Waals surface area contributed by atoms with Gasteiger partial charge in [0.15, 0.2) is 0 Å². The van der Waals surface area contributed by atoms with E-state index in [-0.39, 0.29) is 35.5 Å². The maximum Gasteiger partial charge on any atom is 0.240 e.